The maximum Gasteiger partial charge on any atom is 0.175 e. The van der Waals surface area contributed by atoms with Crippen molar-refractivity contribution in [3.8, 4) is 11.5 Å². The lowest BCUT2D eigenvalue weighted by molar-refractivity contribution is 0.318. The van der Waals surface area contributed by atoms with Gasteiger partial charge in [-0.2, -0.15) is 0 Å². The molecule has 116 valence electrons. The molecule has 2 aromatic carbocycles. The van der Waals surface area contributed by atoms with E-state index in [2.05, 4.69) is 4.99 Å². The molecule has 0 aliphatic carbocycles. The van der Waals surface area contributed by atoms with Gasteiger partial charge in [0.25, 0.3) is 0 Å². The normalized spacial score (nSPS) is 11.7. The van der Waals surface area contributed by atoms with E-state index in [0.717, 1.165) is 6.26 Å². The summed E-state index contributed by atoms with van der Waals surface area (Å²) in [5, 5.41) is 10.1. The molecule has 1 N–H and O–H groups in total. The number of phenols is 1. The average molecular weight is 319 g/mol. The number of phenolic OH excluding ortho intramolecular Hbond substituents is 1. The highest BCUT2D eigenvalue weighted by Crippen LogP contribution is 2.29. The number of para-hydroxylation sites is 1. The minimum Gasteiger partial charge on any atom is -0.504 e. The number of hydrogen-bond acceptors (Lipinski definition) is 5. The van der Waals surface area contributed by atoms with Crippen LogP contribution in [0.25, 0.3) is 0 Å². The van der Waals surface area contributed by atoms with Crippen LogP contribution in [0.15, 0.2) is 52.4 Å². The second-order valence-corrected chi connectivity index (χ2v) is 6.67. The monoisotopic (exact) mass is 319 g/mol. The summed E-state index contributed by atoms with van der Waals surface area (Å²) >= 11 is 0. The van der Waals surface area contributed by atoms with Gasteiger partial charge in [-0.05, 0) is 37.3 Å². The van der Waals surface area contributed by atoms with E-state index < -0.39 is 9.84 Å². The summed E-state index contributed by atoms with van der Waals surface area (Å²) in [4.78, 5) is 4.41. The Hall–Kier alpha value is -2.34. The molecule has 0 aliphatic rings. The smallest absolute Gasteiger partial charge is 0.175 e. The SMILES string of the molecule is CCOc1cccc(C=Nc2cccc(S(C)(=O)=O)c2)c1O. The van der Waals surface area contributed by atoms with E-state index in [1.54, 1.807) is 30.3 Å². The summed E-state index contributed by atoms with van der Waals surface area (Å²) in [7, 11) is -3.27. The zero-order valence-corrected chi connectivity index (χ0v) is 13.2. The Balaban J connectivity index is 2.32. The van der Waals surface area contributed by atoms with E-state index >= 15 is 0 Å². The van der Waals surface area contributed by atoms with Gasteiger partial charge in [0.1, 0.15) is 0 Å². The number of hydrogen-bond donors (Lipinski definition) is 1. The van der Waals surface area contributed by atoms with Gasteiger partial charge in [0.05, 0.1) is 17.2 Å². The zero-order valence-electron chi connectivity index (χ0n) is 12.4. The fourth-order valence-electron chi connectivity index (χ4n) is 1.85. The molecule has 6 heteroatoms. The van der Waals surface area contributed by atoms with Gasteiger partial charge in [0, 0.05) is 18.0 Å². The van der Waals surface area contributed by atoms with Crippen molar-refractivity contribution < 1.29 is 18.3 Å². The third-order valence-corrected chi connectivity index (χ3v) is 4.04. The van der Waals surface area contributed by atoms with E-state index in [4.69, 9.17) is 4.74 Å². The highest BCUT2D eigenvalue weighted by Gasteiger charge is 2.08. The largest absolute Gasteiger partial charge is 0.504 e. The van der Waals surface area contributed by atoms with Gasteiger partial charge in [0.15, 0.2) is 21.3 Å². The molecule has 0 fully saturated rings. The predicted molar refractivity (Wildman–Crippen MR) is 86.1 cm³/mol. The van der Waals surface area contributed by atoms with Crippen molar-refractivity contribution in [2.24, 2.45) is 4.99 Å². The number of ether oxygens (including phenoxy) is 1. The third-order valence-electron chi connectivity index (χ3n) is 2.93. The maximum atomic E-state index is 11.5. The molecule has 0 aliphatic heterocycles. The van der Waals surface area contributed by atoms with Crippen molar-refractivity contribution in [3.63, 3.8) is 0 Å². The van der Waals surface area contributed by atoms with Crippen molar-refractivity contribution in [2.75, 3.05) is 12.9 Å². The minimum absolute atomic E-state index is 0.00682. The summed E-state index contributed by atoms with van der Waals surface area (Å²) < 4.78 is 28.3. The Labute approximate surface area is 129 Å². The van der Waals surface area contributed by atoms with Gasteiger partial charge >= 0.3 is 0 Å². The van der Waals surface area contributed by atoms with Crippen LogP contribution in [-0.2, 0) is 9.84 Å². The van der Waals surface area contributed by atoms with Crippen molar-refractivity contribution >= 4 is 21.7 Å². The molecule has 0 bridgehead atoms. The lowest BCUT2D eigenvalue weighted by Crippen LogP contribution is -1.96. The molecule has 2 rings (SSSR count). The molecular weight excluding hydrogens is 302 g/mol. The maximum absolute atomic E-state index is 11.5. The molecular formula is C16H17NO4S. The summed E-state index contributed by atoms with van der Waals surface area (Å²) in [5.74, 6) is 0.392. The molecule has 0 amide bonds. The van der Waals surface area contributed by atoms with E-state index in [-0.39, 0.29) is 10.6 Å². The number of aromatic hydroxyl groups is 1. The van der Waals surface area contributed by atoms with Crippen LogP contribution < -0.4 is 4.74 Å². The highest BCUT2D eigenvalue weighted by atomic mass is 32.2. The molecule has 5 nitrogen and oxygen atoms in total. The first-order valence-corrected chi connectivity index (χ1v) is 8.60. The lowest BCUT2D eigenvalue weighted by atomic mass is 10.2. The summed E-state index contributed by atoms with van der Waals surface area (Å²) in [5.41, 5.74) is 0.986. The van der Waals surface area contributed by atoms with Crippen molar-refractivity contribution in [2.45, 2.75) is 11.8 Å². The van der Waals surface area contributed by atoms with Crippen LogP contribution in [0.1, 0.15) is 12.5 Å². The quantitative estimate of drug-likeness (QED) is 0.860. The number of benzene rings is 2. The second kappa shape index (κ2) is 6.62. The average Bonchev–Trinajstić information content (AvgIpc) is 2.48. The van der Waals surface area contributed by atoms with Gasteiger partial charge in [-0.3, -0.25) is 4.99 Å². The molecule has 0 atom stereocenters. The Kier molecular flexibility index (Phi) is 4.82. The van der Waals surface area contributed by atoms with Crippen LogP contribution >= 0.6 is 0 Å². The number of aliphatic imine (C=N–C) groups is 1. The molecule has 2 aromatic rings. The summed E-state index contributed by atoms with van der Waals surface area (Å²) in [6.45, 7) is 2.28. The van der Waals surface area contributed by atoms with Gasteiger partial charge in [0.2, 0.25) is 0 Å². The number of nitrogens with zero attached hydrogens (tertiary/aromatic N) is 1. The van der Waals surface area contributed by atoms with Crippen molar-refractivity contribution in [1.82, 2.24) is 0 Å². The van der Waals surface area contributed by atoms with Crippen LogP contribution in [0, 0.1) is 0 Å². The highest BCUT2D eigenvalue weighted by molar-refractivity contribution is 7.90. The molecule has 0 aromatic heterocycles. The van der Waals surface area contributed by atoms with Crippen LogP contribution in [0.2, 0.25) is 0 Å². The fourth-order valence-corrected chi connectivity index (χ4v) is 2.51. The Bertz CT molecular complexity index is 798. The fraction of sp³-hybridized carbons (Fsp3) is 0.188. The molecule has 22 heavy (non-hydrogen) atoms. The second-order valence-electron chi connectivity index (χ2n) is 4.65. The Morgan fingerprint density at radius 1 is 1.23 bits per heavy atom. The molecule has 0 heterocycles. The third kappa shape index (κ3) is 3.85. The van der Waals surface area contributed by atoms with Crippen LogP contribution in [0.3, 0.4) is 0 Å². The van der Waals surface area contributed by atoms with Gasteiger partial charge in [-0.25, -0.2) is 8.42 Å². The standard InChI is InChI=1S/C16H17NO4S/c1-3-21-15-9-4-6-12(16(15)18)11-17-13-7-5-8-14(10-13)22(2,19)20/h4-11,18H,3H2,1-2H3. The zero-order chi connectivity index (χ0) is 16.2. The van der Waals surface area contributed by atoms with Gasteiger partial charge in [-0.1, -0.05) is 12.1 Å². The van der Waals surface area contributed by atoms with Crippen molar-refractivity contribution in [3.05, 3.63) is 48.0 Å². The molecule has 0 spiro atoms. The molecule has 0 radical (unpaired) electrons. The summed E-state index contributed by atoms with van der Waals surface area (Å²) in [6.07, 6.45) is 2.62. The number of rotatable bonds is 5. The Morgan fingerprint density at radius 2 is 1.95 bits per heavy atom. The minimum atomic E-state index is -3.27. The number of sulfone groups is 1. The Morgan fingerprint density at radius 3 is 2.64 bits per heavy atom. The van der Waals surface area contributed by atoms with Crippen LogP contribution in [0.5, 0.6) is 11.5 Å². The van der Waals surface area contributed by atoms with Crippen LogP contribution in [0.4, 0.5) is 5.69 Å². The summed E-state index contributed by atoms with van der Waals surface area (Å²) in [6, 6.07) is 11.4. The van der Waals surface area contributed by atoms with Crippen molar-refractivity contribution in [1.29, 1.82) is 0 Å². The first-order valence-electron chi connectivity index (χ1n) is 6.71. The van der Waals surface area contributed by atoms with Gasteiger partial charge < -0.3 is 9.84 Å². The lowest BCUT2D eigenvalue weighted by Gasteiger charge is -2.07. The van der Waals surface area contributed by atoms with E-state index in [1.807, 2.05) is 6.92 Å². The molecule has 0 saturated heterocycles. The van der Waals surface area contributed by atoms with Gasteiger partial charge in [-0.15, -0.1) is 0 Å². The van der Waals surface area contributed by atoms with Crippen LogP contribution in [-0.4, -0.2) is 32.6 Å². The molecule has 0 saturated carbocycles. The van der Waals surface area contributed by atoms with E-state index in [9.17, 15) is 13.5 Å². The first kappa shape index (κ1) is 16.0. The topological polar surface area (TPSA) is 76.0 Å². The predicted octanol–water partition coefficient (Wildman–Crippen LogP) is 2.95. The van der Waals surface area contributed by atoms with E-state index in [1.165, 1.54) is 18.3 Å². The van der Waals surface area contributed by atoms with E-state index in [0.29, 0.717) is 23.6 Å². The first-order chi connectivity index (χ1) is 10.4. The molecule has 0 unspecified atom stereocenters.